The van der Waals surface area contributed by atoms with Crippen molar-refractivity contribution in [1.82, 2.24) is 4.90 Å². The highest BCUT2D eigenvalue weighted by molar-refractivity contribution is 6.30. The van der Waals surface area contributed by atoms with E-state index in [9.17, 15) is 4.79 Å². The summed E-state index contributed by atoms with van der Waals surface area (Å²) >= 11 is 5.93. The number of carbonyl (C=O) groups is 1. The van der Waals surface area contributed by atoms with Crippen LogP contribution in [0.3, 0.4) is 0 Å². The molecule has 0 aromatic heterocycles. The first-order chi connectivity index (χ1) is 10.5. The van der Waals surface area contributed by atoms with Crippen molar-refractivity contribution in [3.63, 3.8) is 0 Å². The lowest BCUT2D eigenvalue weighted by Crippen LogP contribution is -2.44. The van der Waals surface area contributed by atoms with Crippen molar-refractivity contribution in [3.8, 4) is 0 Å². The molecule has 1 aromatic rings. The van der Waals surface area contributed by atoms with Crippen LogP contribution in [0.5, 0.6) is 0 Å². The number of likely N-dealkylation sites (tertiary alicyclic amines) is 1. The molecule has 1 spiro atoms. The van der Waals surface area contributed by atoms with E-state index in [4.69, 9.17) is 22.1 Å². The lowest BCUT2D eigenvalue weighted by molar-refractivity contribution is -0.119. The van der Waals surface area contributed by atoms with Crippen LogP contribution >= 0.6 is 11.6 Å². The molecule has 2 N–H and O–H groups in total. The molecule has 2 aliphatic heterocycles. The van der Waals surface area contributed by atoms with E-state index in [0.717, 1.165) is 50.4 Å². The molecule has 0 aliphatic carbocycles. The molecule has 1 atom stereocenters. The Morgan fingerprint density at radius 2 is 2.00 bits per heavy atom. The van der Waals surface area contributed by atoms with Gasteiger partial charge in [0.2, 0.25) is 5.91 Å². The van der Waals surface area contributed by atoms with Crippen molar-refractivity contribution < 1.29 is 9.53 Å². The molecule has 0 bridgehead atoms. The van der Waals surface area contributed by atoms with Gasteiger partial charge in [-0.25, -0.2) is 0 Å². The first kappa shape index (κ1) is 15.8. The third-order valence-electron chi connectivity index (χ3n) is 4.96. The van der Waals surface area contributed by atoms with Crippen LogP contribution in [-0.2, 0) is 16.0 Å². The SMILES string of the molecule is NC(=O)CN1CCC2(CC1)CO[C@H](Cc1ccc(Cl)cc1)C2. The standard InChI is InChI=1S/C17H23ClN2O2/c18-14-3-1-13(2-4-14)9-15-10-17(12-22-15)5-7-20(8-6-17)11-16(19)21/h1-4,15H,5-12H2,(H2,19,21)/t15-/m1/s1. The predicted molar refractivity (Wildman–Crippen MR) is 86.8 cm³/mol. The van der Waals surface area contributed by atoms with Crippen LogP contribution in [0.4, 0.5) is 0 Å². The third kappa shape index (κ3) is 3.80. The minimum absolute atomic E-state index is 0.237. The number of hydrogen-bond donors (Lipinski definition) is 1. The normalized spacial score (nSPS) is 24.7. The Balaban J connectivity index is 1.52. The Kier molecular flexibility index (Phi) is 4.71. The van der Waals surface area contributed by atoms with Gasteiger partial charge in [0.25, 0.3) is 0 Å². The Labute approximate surface area is 136 Å². The number of nitrogens with two attached hydrogens (primary N) is 1. The van der Waals surface area contributed by atoms with Crippen LogP contribution in [-0.4, -0.2) is 43.2 Å². The maximum atomic E-state index is 11.0. The molecule has 120 valence electrons. The molecule has 0 saturated carbocycles. The van der Waals surface area contributed by atoms with Gasteiger partial charge in [-0.3, -0.25) is 9.69 Å². The van der Waals surface area contributed by atoms with Gasteiger partial charge >= 0.3 is 0 Å². The number of carbonyl (C=O) groups excluding carboxylic acids is 1. The van der Waals surface area contributed by atoms with Gasteiger partial charge in [0.1, 0.15) is 0 Å². The van der Waals surface area contributed by atoms with Gasteiger partial charge in [0, 0.05) is 5.02 Å². The second kappa shape index (κ2) is 6.57. The van der Waals surface area contributed by atoms with Crippen molar-refractivity contribution >= 4 is 17.5 Å². The van der Waals surface area contributed by atoms with Crippen LogP contribution in [0.1, 0.15) is 24.8 Å². The molecule has 0 radical (unpaired) electrons. The first-order valence-electron chi connectivity index (χ1n) is 7.91. The highest BCUT2D eigenvalue weighted by Crippen LogP contribution is 2.42. The number of piperidine rings is 1. The third-order valence-corrected chi connectivity index (χ3v) is 5.21. The van der Waals surface area contributed by atoms with E-state index in [2.05, 4.69) is 17.0 Å². The maximum Gasteiger partial charge on any atom is 0.231 e. The van der Waals surface area contributed by atoms with Gasteiger partial charge in [-0.05, 0) is 61.9 Å². The van der Waals surface area contributed by atoms with Crippen LogP contribution in [0, 0.1) is 5.41 Å². The van der Waals surface area contributed by atoms with E-state index in [0.29, 0.717) is 18.1 Å². The van der Waals surface area contributed by atoms with Crippen LogP contribution in [0.25, 0.3) is 0 Å². The van der Waals surface area contributed by atoms with Crippen molar-refractivity contribution in [2.75, 3.05) is 26.2 Å². The van der Waals surface area contributed by atoms with Gasteiger partial charge < -0.3 is 10.5 Å². The van der Waals surface area contributed by atoms with Gasteiger partial charge in [0.15, 0.2) is 0 Å². The van der Waals surface area contributed by atoms with Crippen LogP contribution in [0.2, 0.25) is 5.02 Å². The van der Waals surface area contributed by atoms with Crippen molar-refractivity contribution in [2.24, 2.45) is 11.1 Å². The van der Waals surface area contributed by atoms with Gasteiger partial charge in [-0.1, -0.05) is 23.7 Å². The monoisotopic (exact) mass is 322 g/mol. The molecular formula is C17H23ClN2O2. The molecule has 1 amide bonds. The molecule has 1 aromatic carbocycles. The summed E-state index contributed by atoms with van der Waals surface area (Å²) in [6.45, 7) is 3.11. The highest BCUT2D eigenvalue weighted by atomic mass is 35.5. The molecule has 5 heteroatoms. The summed E-state index contributed by atoms with van der Waals surface area (Å²) in [7, 11) is 0. The van der Waals surface area contributed by atoms with Crippen molar-refractivity contribution in [3.05, 3.63) is 34.9 Å². The summed E-state index contributed by atoms with van der Waals surface area (Å²) in [5.74, 6) is -0.237. The molecule has 22 heavy (non-hydrogen) atoms. The summed E-state index contributed by atoms with van der Waals surface area (Å²) in [5.41, 5.74) is 6.84. The zero-order chi connectivity index (χ0) is 15.6. The summed E-state index contributed by atoms with van der Waals surface area (Å²) in [6.07, 6.45) is 4.54. The van der Waals surface area contributed by atoms with Gasteiger partial charge in [-0.15, -0.1) is 0 Å². The van der Waals surface area contributed by atoms with Crippen molar-refractivity contribution in [1.29, 1.82) is 0 Å². The lowest BCUT2D eigenvalue weighted by atomic mass is 9.76. The summed E-state index contributed by atoms with van der Waals surface area (Å²) in [5, 5.41) is 0.773. The van der Waals surface area contributed by atoms with Gasteiger partial charge in [0.05, 0.1) is 19.3 Å². The molecule has 0 unspecified atom stereocenters. The summed E-state index contributed by atoms with van der Waals surface area (Å²) in [6, 6.07) is 8.02. The van der Waals surface area contributed by atoms with E-state index in [1.54, 1.807) is 0 Å². The quantitative estimate of drug-likeness (QED) is 0.925. The molecule has 2 heterocycles. The van der Waals surface area contributed by atoms with E-state index < -0.39 is 0 Å². The summed E-state index contributed by atoms with van der Waals surface area (Å²) < 4.78 is 6.05. The number of benzene rings is 1. The predicted octanol–water partition coefficient (Wildman–Crippen LogP) is 2.24. The number of ether oxygens (including phenoxy) is 1. The number of nitrogens with zero attached hydrogens (tertiary/aromatic N) is 1. The highest BCUT2D eigenvalue weighted by Gasteiger charge is 2.42. The maximum absolute atomic E-state index is 11.0. The fourth-order valence-corrected chi connectivity index (χ4v) is 3.79. The Morgan fingerprint density at radius 3 is 2.64 bits per heavy atom. The number of halogens is 1. The molecule has 4 nitrogen and oxygen atoms in total. The second-order valence-electron chi connectivity index (χ2n) is 6.71. The second-order valence-corrected chi connectivity index (χ2v) is 7.15. The average molecular weight is 323 g/mol. The van der Waals surface area contributed by atoms with E-state index >= 15 is 0 Å². The van der Waals surface area contributed by atoms with E-state index in [1.165, 1.54) is 5.56 Å². The zero-order valence-electron chi connectivity index (χ0n) is 12.8. The van der Waals surface area contributed by atoms with Crippen LogP contribution < -0.4 is 5.73 Å². The Hall–Kier alpha value is -1.10. The Morgan fingerprint density at radius 1 is 1.32 bits per heavy atom. The largest absolute Gasteiger partial charge is 0.377 e. The fourth-order valence-electron chi connectivity index (χ4n) is 3.66. The minimum Gasteiger partial charge on any atom is -0.377 e. The van der Waals surface area contributed by atoms with Crippen LogP contribution in [0.15, 0.2) is 24.3 Å². The topological polar surface area (TPSA) is 55.6 Å². The van der Waals surface area contributed by atoms with E-state index in [-0.39, 0.29) is 5.91 Å². The molecule has 3 rings (SSSR count). The van der Waals surface area contributed by atoms with Crippen molar-refractivity contribution in [2.45, 2.75) is 31.8 Å². The van der Waals surface area contributed by atoms with E-state index in [1.807, 2.05) is 12.1 Å². The number of amides is 1. The fraction of sp³-hybridized carbons (Fsp3) is 0.588. The number of primary amides is 1. The molecule has 2 fully saturated rings. The number of hydrogen-bond acceptors (Lipinski definition) is 3. The molecule has 2 aliphatic rings. The smallest absolute Gasteiger partial charge is 0.231 e. The minimum atomic E-state index is -0.237. The average Bonchev–Trinajstić information content (AvgIpc) is 2.87. The van der Waals surface area contributed by atoms with Gasteiger partial charge in [-0.2, -0.15) is 0 Å². The molecular weight excluding hydrogens is 300 g/mol. The number of rotatable bonds is 4. The Bertz CT molecular complexity index is 524. The zero-order valence-corrected chi connectivity index (χ0v) is 13.5. The first-order valence-corrected chi connectivity index (χ1v) is 8.29. The lowest BCUT2D eigenvalue weighted by Gasteiger charge is -2.37. The molecule has 2 saturated heterocycles. The summed E-state index contributed by atoms with van der Waals surface area (Å²) in [4.78, 5) is 13.2.